The van der Waals surface area contributed by atoms with Crippen LogP contribution in [0.5, 0.6) is 0 Å². The second-order valence-corrected chi connectivity index (χ2v) is 3.06. The van der Waals surface area contributed by atoms with Crippen molar-refractivity contribution >= 4 is 10.9 Å². The Hall–Kier alpha value is -1.72. The molecular formula is C9H6F3N3. The molecule has 0 bridgehead atoms. The molecule has 3 nitrogen and oxygen atoms in total. The van der Waals surface area contributed by atoms with E-state index in [0.717, 1.165) is 0 Å². The first-order valence-corrected chi connectivity index (χ1v) is 4.18. The van der Waals surface area contributed by atoms with Crippen molar-refractivity contribution in [2.45, 2.75) is 12.6 Å². The minimum atomic E-state index is -4.23. The topological polar surface area (TPSA) is 38.7 Å². The first-order chi connectivity index (χ1) is 7.04. The van der Waals surface area contributed by atoms with Crippen LogP contribution in [0.1, 0.15) is 5.69 Å². The van der Waals surface area contributed by atoms with Gasteiger partial charge in [-0.05, 0) is 12.1 Å². The third-order valence-corrected chi connectivity index (χ3v) is 1.84. The van der Waals surface area contributed by atoms with Crippen LogP contribution in [-0.4, -0.2) is 21.4 Å². The van der Waals surface area contributed by atoms with Gasteiger partial charge in [0, 0.05) is 5.39 Å². The second kappa shape index (κ2) is 3.45. The smallest absolute Gasteiger partial charge is 0.259 e. The van der Waals surface area contributed by atoms with E-state index in [4.69, 9.17) is 0 Å². The van der Waals surface area contributed by atoms with Gasteiger partial charge in [-0.1, -0.05) is 0 Å². The fourth-order valence-electron chi connectivity index (χ4n) is 1.24. The van der Waals surface area contributed by atoms with E-state index in [9.17, 15) is 13.2 Å². The molecule has 0 fully saturated rings. The van der Waals surface area contributed by atoms with Crippen molar-refractivity contribution in [2.24, 2.45) is 0 Å². The highest BCUT2D eigenvalue weighted by Gasteiger charge is 2.28. The highest BCUT2D eigenvalue weighted by atomic mass is 19.4. The molecule has 15 heavy (non-hydrogen) atoms. The number of nitrogens with zero attached hydrogens (tertiary/aromatic N) is 3. The van der Waals surface area contributed by atoms with Crippen LogP contribution in [-0.2, 0) is 6.42 Å². The maximum Gasteiger partial charge on any atom is 0.394 e. The van der Waals surface area contributed by atoms with Crippen molar-refractivity contribution < 1.29 is 13.2 Å². The van der Waals surface area contributed by atoms with Crippen molar-refractivity contribution in [3.05, 3.63) is 30.2 Å². The van der Waals surface area contributed by atoms with E-state index in [-0.39, 0.29) is 5.69 Å². The van der Waals surface area contributed by atoms with Crippen molar-refractivity contribution in [1.82, 2.24) is 15.2 Å². The summed E-state index contributed by atoms with van der Waals surface area (Å²) in [5, 5.41) is 7.94. The summed E-state index contributed by atoms with van der Waals surface area (Å²) in [5.41, 5.74) is 0.478. The van der Waals surface area contributed by atoms with E-state index < -0.39 is 12.6 Å². The summed E-state index contributed by atoms with van der Waals surface area (Å²) in [7, 11) is 0. The number of hydrogen-bond donors (Lipinski definition) is 0. The minimum Gasteiger partial charge on any atom is -0.259 e. The average molecular weight is 213 g/mol. The van der Waals surface area contributed by atoms with E-state index >= 15 is 0 Å². The van der Waals surface area contributed by atoms with E-state index in [1.807, 2.05) is 0 Å². The summed E-state index contributed by atoms with van der Waals surface area (Å²) in [6.07, 6.45) is -2.53. The number of fused-ring (bicyclic) bond motifs is 1. The maximum atomic E-state index is 12.1. The van der Waals surface area contributed by atoms with Gasteiger partial charge < -0.3 is 0 Å². The van der Waals surface area contributed by atoms with Gasteiger partial charge in [-0.15, -0.1) is 5.10 Å². The van der Waals surface area contributed by atoms with Crippen LogP contribution < -0.4 is 0 Å². The van der Waals surface area contributed by atoms with Gasteiger partial charge >= 0.3 is 6.18 Å². The molecule has 78 valence electrons. The Bertz CT molecular complexity index is 481. The molecule has 0 atom stereocenters. The highest BCUT2D eigenvalue weighted by Crippen LogP contribution is 2.21. The Morgan fingerprint density at radius 1 is 1.27 bits per heavy atom. The summed E-state index contributed by atoms with van der Waals surface area (Å²) < 4.78 is 36.2. The summed E-state index contributed by atoms with van der Waals surface area (Å²) in [6, 6.07) is 2.97. The lowest BCUT2D eigenvalue weighted by molar-refractivity contribution is -0.127. The monoisotopic (exact) mass is 213 g/mol. The molecule has 6 heteroatoms. The molecule has 0 amide bonds. The van der Waals surface area contributed by atoms with Crippen LogP contribution in [0, 0.1) is 0 Å². The Balaban J connectivity index is 2.39. The Morgan fingerprint density at radius 2 is 2.07 bits per heavy atom. The summed E-state index contributed by atoms with van der Waals surface area (Å²) >= 11 is 0. The van der Waals surface area contributed by atoms with Gasteiger partial charge in [0.2, 0.25) is 0 Å². The molecule has 0 saturated heterocycles. The zero-order valence-electron chi connectivity index (χ0n) is 7.49. The third kappa shape index (κ3) is 2.39. The average Bonchev–Trinajstić information content (AvgIpc) is 2.15. The van der Waals surface area contributed by atoms with E-state index in [0.29, 0.717) is 10.9 Å². The zero-order chi connectivity index (χ0) is 10.9. The third-order valence-electron chi connectivity index (χ3n) is 1.84. The molecule has 0 aliphatic rings. The van der Waals surface area contributed by atoms with Gasteiger partial charge in [-0.2, -0.15) is 18.3 Å². The molecule has 0 N–H and O–H groups in total. The first kappa shape index (κ1) is 9.82. The van der Waals surface area contributed by atoms with Gasteiger partial charge in [-0.3, -0.25) is 4.98 Å². The Kier molecular flexibility index (Phi) is 2.26. The highest BCUT2D eigenvalue weighted by molar-refractivity contribution is 5.76. The molecule has 0 saturated carbocycles. The van der Waals surface area contributed by atoms with Crippen LogP contribution in [0.4, 0.5) is 13.2 Å². The normalized spacial score (nSPS) is 11.9. The van der Waals surface area contributed by atoms with Crippen LogP contribution in [0.15, 0.2) is 24.5 Å². The molecule has 0 aromatic carbocycles. The summed E-state index contributed by atoms with van der Waals surface area (Å²) in [6.45, 7) is 0. The van der Waals surface area contributed by atoms with Crippen LogP contribution in [0.25, 0.3) is 10.9 Å². The first-order valence-electron chi connectivity index (χ1n) is 4.18. The number of alkyl halides is 3. The van der Waals surface area contributed by atoms with Gasteiger partial charge in [0.15, 0.2) is 0 Å². The predicted molar refractivity (Wildman–Crippen MR) is 47.1 cm³/mol. The Labute approximate surface area is 83.0 Å². The van der Waals surface area contributed by atoms with E-state index in [2.05, 4.69) is 15.2 Å². The molecule has 2 heterocycles. The van der Waals surface area contributed by atoms with Crippen molar-refractivity contribution in [3.63, 3.8) is 0 Å². The number of aromatic nitrogens is 3. The van der Waals surface area contributed by atoms with E-state index in [1.165, 1.54) is 18.5 Å². The zero-order valence-corrected chi connectivity index (χ0v) is 7.49. The van der Waals surface area contributed by atoms with Gasteiger partial charge in [-0.25, -0.2) is 0 Å². The van der Waals surface area contributed by atoms with Crippen molar-refractivity contribution in [2.75, 3.05) is 0 Å². The lowest BCUT2D eigenvalue weighted by atomic mass is 10.2. The fourth-order valence-corrected chi connectivity index (χ4v) is 1.24. The summed E-state index contributed by atoms with van der Waals surface area (Å²) in [4.78, 5) is 3.67. The molecule has 2 aromatic rings. The van der Waals surface area contributed by atoms with Crippen LogP contribution >= 0.6 is 0 Å². The molecule has 2 aromatic heterocycles. The van der Waals surface area contributed by atoms with Crippen molar-refractivity contribution in [1.29, 1.82) is 0 Å². The quantitative estimate of drug-likeness (QED) is 0.728. The molecule has 0 aliphatic heterocycles. The fraction of sp³-hybridized carbons (Fsp3) is 0.222. The number of pyridine rings is 1. The van der Waals surface area contributed by atoms with Crippen molar-refractivity contribution in [3.8, 4) is 0 Å². The van der Waals surface area contributed by atoms with Crippen LogP contribution in [0.2, 0.25) is 0 Å². The standard InChI is InChI=1S/C9H6F3N3/c10-9(11,12)4-7-3-6-1-2-14-15-8(6)5-13-7/h1-3,5H,4H2. The van der Waals surface area contributed by atoms with Gasteiger partial charge in [0.25, 0.3) is 0 Å². The molecule has 0 unspecified atom stereocenters. The maximum absolute atomic E-state index is 12.1. The molecule has 0 aliphatic carbocycles. The lowest BCUT2D eigenvalue weighted by Crippen LogP contribution is -2.12. The van der Waals surface area contributed by atoms with E-state index in [1.54, 1.807) is 6.07 Å². The van der Waals surface area contributed by atoms with Gasteiger partial charge in [0.05, 0.1) is 24.5 Å². The molecule has 2 rings (SSSR count). The second-order valence-electron chi connectivity index (χ2n) is 3.06. The number of hydrogen-bond acceptors (Lipinski definition) is 3. The van der Waals surface area contributed by atoms with Crippen LogP contribution in [0.3, 0.4) is 0 Å². The predicted octanol–water partition coefficient (Wildman–Crippen LogP) is 2.13. The number of rotatable bonds is 1. The molecule has 0 spiro atoms. The van der Waals surface area contributed by atoms with Gasteiger partial charge in [0.1, 0.15) is 5.52 Å². The molecule has 0 radical (unpaired) electrons. The number of halogens is 3. The summed E-state index contributed by atoms with van der Waals surface area (Å²) in [5.74, 6) is 0. The lowest BCUT2D eigenvalue weighted by Gasteiger charge is -2.05. The largest absolute Gasteiger partial charge is 0.394 e. The SMILES string of the molecule is FC(F)(F)Cc1cc2ccnnc2cn1. The Morgan fingerprint density at radius 3 is 2.80 bits per heavy atom. The molecular weight excluding hydrogens is 207 g/mol. The minimum absolute atomic E-state index is 0.0111.